The summed E-state index contributed by atoms with van der Waals surface area (Å²) >= 11 is 6.17. The highest BCUT2D eigenvalue weighted by Gasteiger charge is 2.32. The average Bonchev–Trinajstić information content (AvgIpc) is 2.65. The lowest BCUT2D eigenvalue weighted by molar-refractivity contribution is -0.131. The number of fused-ring (bicyclic) bond motifs is 1. The Hall–Kier alpha value is -3.26. The largest absolute Gasteiger partial charge is 0.508 e. The highest BCUT2D eigenvalue weighted by atomic mass is 35.5. The van der Waals surface area contributed by atoms with Crippen LogP contribution in [0.3, 0.4) is 0 Å². The first-order chi connectivity index (χ1) is 13.8. The molecule has 0 atom stereocenters. The molecule has 1 amide bonds. The number of aromatic hydroxyl groups is 1. The van der Waals surface area contributed by atoms with Crippen molar-refractivity contribution in [2.24, 2.45) is 0 Å². The Balaban J connectivity index is 1.81. The van der Waals surface area contributed by atoms with E-state index in [1.807, 2.05) is 0 Å². The molecule has 0 spiro atoms. The van der Waals surface area contributed by atoms with Crippen LogP contribution in [0.25, 0.3) is 22.0 Å². The summed E-state index contributed by atoms with van der Waals surface area (Å²) in [6.45, 7) is 4.03. The molecule has 1 aliphatic rings. The Morgan fingerprint density at radius 2 is 2.03 bits per heavy atom. The van der Waals surface area contributed by atoms with Gasteiger partial charge in [0, 0.05) is 24.2 Å². The molecule has 1 aliphatic heterocycles. The Bertz CT molecular complexity index is 1240. The number of carbonyl (C=O) groups excluding carboxylic acids is 1. The van der Waals surface area contributed by atoms with Gasteiger partial charge >= 0.3 is 0 Å². The summed E-state index contributed by atoms with van der Waals surface area (Å²) in [6.07, 6.45) is 2.39. The number of amides is 1. The van der Waals surface area contributed by atoms with Crippen molar-refractivity contribution in [1.29, 1.82) is 0 Å². The lowest BCUT2D eigenvalue weighted by Gasteiger charge is -2.39. The van der Waals surface area contributed by atoms with Crippen molar-refractivity contribution >= 4 is 28.4 Å². The lowest BCUT2D eigenvalue weighted by Crippen LogP contribution is -2.52. The topological polar surface area (TPSA) is 75.4 Å². The highest BCUT2D eigenvalue weighted by Crippen LogP contribution is 2.37. The van der Waals surface area contributed by atoms with E-state index in [2.05, 4.69) is 11.6 Å². The first-order valence-corrected chi connectivity index (χ1v) is 8.98. The zero-order valence-corrected chi connectivity index (χ0v) is 15.7. The van der Waals surface area contributed by atoms with Gasteiger partial charge in [0.15, 0.2) is 5.82 Å². The Kier molecular flexibility index (Phi) is 4.58. The van der Waals surface area contributed by atoms with Gasteiger partial charge in [0.05, 0.1) is 22.8 Å². The number of halogens is 3. The minimum absolute atomic E-state index is 0.0622. The number of rotatable bonds is 3. The predicted octanol–water partition coefficient (Wildman–Crippen LogP) is 3.27. The fourth-order valence-electron chi connectivity index (χ4n) is 3.36. The van der Waals surface area contributed by atoms with Gasteiger partial charge in [-0.2, -0.15) is 0 Å². The summed E-state index contributed by atoms with van der Waals surface area (Å²) in [5.41, 5.74) is -1.30. The number of benzene rings is 2. The summed E-state index contributed by atoms with van der Waals surface area (Å²) in [7, 11) is 0. The molecule has 3 aromatic rings. The second-order valence-electron chi connectivity index (χ2n) is 6.67. The van der Waals surface area contributed by atoms with E-state index >= 15 is 4.39 Å². The third-order valence-electron chi connectivity index (χ3n) is 4.93. The maximum absolute atomic E-state index is 15.1. The third-order valence-corrected chi connectivity index (χ3v) is 5.23. The molecule has 0 unspecified atom stereocenters. The zero-order chi connectivity index (χ0) is 20.9. The summed E-state index contributed by atoms with van der Waals surface area (Å²) in [5, 5.41) is 9.36. The van der Waals surface area contributed by atoms with Crippen molar-refractivity contribution in [3.8, 4) is 16.9 Å². The molecule has 1 saturated heterocycles. The van der Waals surface area contributed by atoms with E-state index in [-0.39, 0.29) is 44.8 Å². The van der Waals surface area contributed by atoms with Crippen LogP contribution in [0, 0.1) is 11.6 Å². The van der Waals surface area contributed by atoms with Crippen molar-refractivity contribution in [3.05, 3.63) is 70.3 Å². The van der Waals surface area contributed by atoms with Crippen LogP contribution in [0.15, 0.2) is 48.0 Å². The van der Waals surface area contributed by atoms with Gasteiger partial charge in [-0.1, -0.05) is 18.2 Å². The van der Waals surface area contributed by atoms with Gasteiger partial charge in [-0.15, -0.1) is 0 Å². The van der Waals surface area contributed by atoms with E-state index in [0.29, 0.717) is 13.1 Å². The molecule has 6 nitrogen and oxygen atoms in total. The van der Waals surface area contributed by atoms with E-state index < -0.39 is 17.2 Å². The van der Waals surface area contributed by atoms with E-state index in [1.54, 1.807) is 0 Å². The lowest BCUT2D eigenvalue weighted by atomic mass is 10.0. The first-order valence-electron chi connectivity index (χ1n) is 8.61. The van der Waals surface area contributed by atoms with Crippen LogP contribution in [0.1, 0.15) is 6.04 Å². The number of nitrogens with zero attached hydrogens (tertiary/aromatic N) is 3. The second kappa shape index (κ2) is 6.97. The monoisotopic (exact) mass is 417 g/mol. The summed E-state index contributed by atoms with van der Waals surface area (Å²) in [6, 6.07) is 4.10. The minimum Gasteiger partial charge on any atom is -0.508 e. The first kappa shape index (κ1) is 19.1. The molecule has 4 rings (SSSR count). The summed E-state index contributed by atoms with van der Waals surface area (Å²) < 4.78 is 30.6. The predicted molar refractivity (Wildman–Crippen MR) is 104 cm³/mol. The SMILES string of the molecule is C=CC(=O)N1CC(n2cnc3c(F)c(-c4cc(O)ccc4F)c(Cl)cc3c2=O)C1. The van der Waals surface area contributed by atoms with Crippen molar-refractivity contribution < 1.29 is 18.7 Å². The smallest absolute Gasteiger partial charge is 0.261 e. The fourth-order valence-corrected chi connectivity index (χ4v) is 3.66. The van der Waals surface area contributed by atoms with Crippen molar-refractivity contribution in [2.75, 3.05) is 13.1 Å². The van der Waals surface area contributed by atoms with Crippen LogP contribution >= 0.6 is 11.6 Å². The van der Waals surface area contributed by atoms with Crippen LogP contribution in [-0.2, 0) is 4.79 Å². The van der Waals surface area contributed by atoms with Crippen LogP contribution in [0.2, 0.25) is 5.02 Å². The van der Waals surface area contributed by atoms with Gasteiger partial charge in [0.2, 0.25) is 5.91 Å². The maximum Gasteiger partial charge on any atom is 0.261 e. The molecule has 0 bridgehead atoms. The minimum atomic E-state index is -0.960. The van der Waals surface area contributed by atoms with Crippen molar-refractivity contribution in [1.82, 2.24) is 14.5 Å². The Morgan fingerprint density at radius 1 is 1.31 bits per heavy atom. The van der Waals surface area contributed by atoms with Crippen LogP contribution in [0.4, 0.5) is 8.78 Å². The van der Waals surface area contributed by atoms with E-state index in [1.165, 1.54) is 27.9 Å². The molecule has 0 aliphatic carbocycles. The van der Waals surface area contributed by atoms with Crippen molar-refractivity contribution in [2.45, 2.75) is 6.04 Å². The average molecular weight is 418 g/mol. The fraction of sp³-hybridized carbons (Fsp3) is 0.150. The number of carbonyl (C=O) groups is 1. The number of hydrogen-bond donors (Lipinski definition) is 1. The summed E-state index contributed by atoms with van der Waals surface area (Å²) in [4.78, 5) is 30.0. The third kappa shape index (κ3) is 3.05. The van der Waals surface area contributed by atoms with Crippen LogP contribution in [0.5, 0.6) is 5.75 Å². The van der Waals surface area contributed by atoms with Crippen LogP contribution in [-0.4, -0.2) is 38.6 Å². The number of phenolic OH excluding ortho intramolecular Hbond substituents is 1. The zero-order valence-electron chi connectivity index (χ0n) is 14.9. The van der Waals surface area contributed by atoms with E-state index in [4.69, 9.17) is 11.6 Å². The molecule has 1 fully saturated rings. The Morgan fingerprint density at radius 3 is 2.72 bits per heavy atom. The molecule has 29 heavy (non-hydrogen) atoms. The van der Waals surface area contributed by atoms with E-state index in [9.17, 15) is 19.1 Å². The molecule has 148 valence electrons. The van der Waals surface area contributed by atoms with E-state index in [0.717, 1.165) is 18.2 Å². The molecular weight excluding hydrogens is 404 g/mol. The second-order valence-corrected chi connectivity index (χ2v) is 7.07. The number of phenols is 1. The molecule has 1 N–H and O–H groups in total. The van der Waals surface area contributed by atoms with Gasteiger partial charge in [0.1, 0.15) is 17.1 Å². The molecule has 1 aromatic heterocycles. The number of aromatic nitrogens is 2. The van der Waals surface area contributed by atoms with Gasteiger partial charge in [-0.25, -0.2) is 13.8 Å². The van der Waals surface area contributed by atoms with Gasteiger partial charge in [0.25, 0.3) is 5.56 Å². The molecule has 2 aromatic carbocycles. The molecular formula is C20H14ClF2N3O3. The molecule has 2 heterocycles. The standard InChI is InChI=1S/C20H14ClF2N3O3/c1-2-16(28)25-7-10(8-25)26-9-24-19-13(20(26)29)6-14(21)17(18(19)23)12-5-11(27)3-4-15(12)22/h2-6,9-10,27H,1,7-8H2. The quantitative estimate of drug-likeness (QED) is 0.664. The summed E-state index contributed by atoms with van der Waals surface area (Å²) in [5.74, 6) is -2.24. The van der Waals surface area contributed by atoms with Gasteiger partial charge in [-0.05, 0) is 30.3 Å². The molecule has 9 heteroatoms. The highest BCUT2D eigenvalue weighted by molar-refractivity contribution is 6.34. The van der Waals surface area contributed by atoms with Crippen molar-refractivity contribution in [3.63, 3.8) is 0 Å². The van der Waals surface area contributed by atoms with Gasteiger partial charge < -0.3 is 10.0 Å². The normalized spacial score (nSPS) is 14.1. The van der Waals surface area contributed by atoms with Crippen LogP contribution < -0.4 is 5.56 Å². The number of hydrogen-bond acceptors (Lipinski definition) is 4. The molecule has 0 saturated carbocycles. The molecule has 0 radical (unpaired) electrons. The number of likely N-dealkylation sites (tertiary alicyclic amines) is 1. The van der Waals surface area contributed by atoms with Gasteiger partial charge in [-0.3, -0.25) is 14.2 Å². The maximum atomic E-state index is 15.1. The Labute approximate surface area is 168 Å².